The molecule has 0 atom stereocenters. The van der Waals surface area contributed by atoms with Crippen LogP contribution < -0.4 is 4.74 Å². The van der Waals surface area contributed by atoms with Gasteiger partial charge in [-0.25, -0.2) is 14.3 Å². The highest BCUT2D eigenvalue weighted by Crippen LogP contribution is 2.37. The Balaban J connectivity index is 2.26. The summed E-state index contributed by atoms with van der Waals surface area (Å²) in [5.74, 6) is -3.22. The van der Waals surface area contributed by atoms with Crippen LogP contribution in [0.5, 0.6) is 11.5 Å². The summed E-state index contributed by atoms with van der Waals surface area (Å²) in [5, 5.41) is 14.6. The first-order chi connectivity index (χ1) is 14.7. The van der Waals surface area contributed by atoms with Crippen molar-refractivity contribution in [2.75, 3.05) is 14.2 Å². The van der Waals surface area contributed by atoms with E-state index in [1.807, 2.05) is 0 Å². The second kappa shape index (κ2) is 8.38. The lowest BCUT2D eigenvalue weighted by Crippen LogP contribution is -2.17. The molecule has 1 heterocycles. The predicted molar refractivity (Wildman–Crippen MR) is 100 cm³/mol. The Morgan fingerprint density at radius 1 is 1.00 bits per heavy atom. The maximum atomic E-state index is 12.5. The summed E-state index contributed by atoms with van der Waals surface area (Å²) in [7, 11) is 2.18. The number of ether oxygens (including phenoxy) is 3. The number of carbonyl (C=O) groups is 2. The maximum Gasteiger partial charge on any atom is 0.573 e. The zero-order chi connectivity index (χ0) is 22.8. The summed E-state index contributed by atoms with van der Waals surface area (Å²) in [6.07, 6.45) is -4.96. The standard InChI is InChI=1S/C20H15F3N2O6/c1-29-18(27)15-16(13-9-8-12(10-14(13)26)31-20(21,22)23)24-25(17(15)19(28)30-2)11-6-4-3-5-7-11/h3-10,26H,1-2H3. The van der Waals surface area contributed by atoms with Gasteiger partial charge in [-0.2, -0.15) is 5.10 Å². The van der Waals surface area contributed by atoms with E-state index in [1.54, 1.807) is 30.3 Å². The first-order valence-corrected chi connectivity index (χ1v) is 8.60. The second-order valence-electron chi connectivity index (χ2n) is 6.03. The average Bonchev–Trinajstić information content (AvgIpc) is 3.12. The van der Waals surface area contributed by atoms with Gasteiger partial charge in [0.15, 0.2) is 5.69 Å². The molecule has 11 heteroatoms. The predicted octanol–water partition coefficient (Wildman–Crippen LogP) is 3.72. The van der Waals surface area contributed by atoms with Crippen molar-refractivity contribution in [2.24, 2.45) is 0 Å². The number of rotatable bonds is 5. The number of methoxy groups -OCH3 is 2. The molecule has 3 rings (SSSR count). The monoisotopic (exact) mass is 436 g/mol. The minimum atomic E-state index is -4.96. The van der Waals surface area contributed by atoms with E-state index < -0.39 is 29.8 Å². The average molecular weight is 436 g/mol. The van der Waals surface area contributed by atoms with Gasteiger partial charge in [0.1, 0.15) is 22.8 Å². The number of carbonyl (C=O) groups excluding carboxylic acids is 2. The molecular formula is C20H15F3N2O6. The number of hydrogen-bond acceptors (Lipinski definition) is 7. The molecule has 0 radical (unpaired) electrons. The Bertz CT molecular complexity index is 1130. The second-order valence-corrected chi connectivity index (χ2v) is 6.03. The SMILES string of the molecule is COC(=O)c1c(-c2ccc(OC(F)(F)F)cc2O)nn(-c2ccccc2)c1C(=O)OC. The molecule has 0 saturated carbocycles. The summed E-state index contributed by atoms with van der Waals surface area (Å²) in [4.78, 5) is 25.0. The molecule has 3 aromatic rings. The summed E-state index contributed by atoms with van der Waals surface area (Å²) in [6.45, 7) is 0. The largest absolute Gasteiger partial charge is 0.573 e. The van der Waals surface area contributed by atoms with Crippen LogP contribution in [0.3, 0.4) is 0 Å². The third-order valence-corrected chi connectivity index (χ3v) is 4.11. The van der Waals surface area contributed by atoms with E-state index in [4.69, 9.17) is 9.47 Å². The molecule has 0 aliphatic heterocycles. The third kappa shape index (κ3) is 4.44. The topological polar surface area (TPSA) is 99.9 Å². The number of benzene rings is 2. The number of aromatic nitrogens is 2. The molecule has 0 aliphatic rings. The molecular weight excluding hydrogens is 421 g/mol. The van der Waals surface area contributed by atoms with Gasteiger partial charge >= 0.3 is 18.3 Å². The highest BCUT2D eigenvalue weighted by molar-refractivity contribution is 6.07. The minimum absolute atomic E-state index is 0.130. The lowest BCUT2D eigenvalue weighted by Gasteiger charge is -2.10. The van der Waals surface area contributed by atoms with Gasteiger partial charge in [-0.15, -0.1) is 13.2 Å². The van der Waals surface area contributed by atoms with Crippen molar-refractivity contribution in [3.05, 3.63) is 59.8 Å². The number of halogens is 3. The molecule has 0 unspecified atom stereocenters. The van der Waals surface area contributed by atoms with Crippen LogP contribution in [0.25, 0.3) is 16.9 Å². The van der Waals surface area contributed by atoms with Crippen LogP contribution in [-0.2, 0) is 9.47 Å². The van der Waals surface area contributed by atoms with E-state index in [0.29, 0.717) is 11.8 Å². The van der Waals surface area contributed by atoms with Crippen LogP contribution >= 0.6 is 0 Å². The smallest absolute Gasteiger partial charge is 0.507 e. The molecule has 1 N–H and O–H groups in total. The lowest BCUT2D eigenvalue weighted by molar-refractivity contribution is -0.274. The number of esters is 2. The first kappa shape index (κ1) is 21.7. The molecule has 0 amide bonds. The van der Waals surface area contributed by atoms with E-state index >= 15 is 0 Å². The summed E-state index contributed by atoms with van der Waals surface area (Å²) < 4.78 is 51.8. The lowest BCUT2D eigenvalue weighted by atomic mass is 10.0. The number of nitrogens with zero attached hydrogens (tertiary/aromatic N) is 2. The molecule has 0 aliphatic carbocycles. The van der Waals surface area contributed by atoms with Gasteiger partial charge in [0.05, 0.1) is 19.9 Å². The van der Waals surface area contributed by atoms with Gasteiger partial charge in [0, 0.05) is 11.6 Å². The Kier molecular flexibility index (Phi) is 5.86. The van der Waals surface area contributed by atoms with E-state index in [-0.39, 0.29) is 22.5 Å². The zero-order valence-electron chi connectivity index (χ0n) is 16.1. The number of phenolic OH excluding ortho intramolecular Hbond substituents is 1. The molecule has 1 aromatic heterocycles. The van der Waals surface area contributed by atoms with Crippen molar-refractivity contribution in [3.8, 4) is 28.4 Å². The molecule has 0 spiro atoms. The van der Waals surface area contributed by atoms with Crippen molar-refractivity contribution in [1.29, 1.82) is 0 Å². The number of aromatic hydroxyl groups is 1. The van der Waals surface area contributed by atoms with E-state index in [2.05, 4.69) is 9.84 Å². The Labute approximate surface area is 173 Å². The normalized spacial score (nSPS) is 11.1. The molecule has 162 valence electrons. The number of hydrogen-bond donors (Lipinski definition) is 1. The Morgan fingerprint density at radius 2 is 1.65 bits per heavy atom. The van der Waals surface area contributed by atoms with Crippen LogP contribution in [0, 0.1) is 0 Å². The van der Waals surface area contributed by atoms with Gasteiger partial charge < -0.3 is 19.3 Å². The summed E-state index contributed by atoms with van der Waals surface area (Å²) in [5.41, 5.74) is -0.568. The van der Waals surface area contributed by atoms with E-state index in [9.17, 15) is 27.9 Å². The Morgan fingerprint density at radius 3 is 2.19 bits per heavy atom. The van der Waals surface area contributed by atoms with Crippen LogP contribution in [0.2, 0.25) is 0 Å². The molecule has 0 saturated heterocycles. The highest BCUT2D eigenvalue weighted by atomic mass is 19.4. The molecule has 0 bridgehead atoms. The van der Waals surface area contributed by atoms with Crippen LogP contribution in [0.4, 0.5) is 13.2 Å². The van der Waals surface area contributed by atoms with Gasteiger partial charge in [-0.1, -0.05) is 18.2 Å². The number of para-hydroxylation sites is 1. The van der Waals surface area contributed by atoms with Crippen LogP contribution in [-0.4, -0.2) is 47.4 Å². The highest BCUT2D eigenvalue weighted by Gasteiger charge is 2.34. The van der Waals surface area contributed by atoms with E-state index in [0.717, 1.165) is 31.0 Å². The Hall–Kier alpha value is -4.02. The van der Waals surface area contributed by atoms with Gasteiger partial charge in [-0.3, -0.25) is 0 Å². The number of alkyl halides is 3. The van der Waals surface area contributed by atoms with Gasteiger partial charge in [-0.05, 0) is 24.3 Å². The summed E-state index contributed by atoms with van der Waals surface area (Å²) >= 11 is 0. The first-order valence-electron chi connectivity index (χ1n) is 8.60. The molecule has 31 heavy (non-hydrogen) atoms. The fourth-order valence-electron chi connectivity index (χ4n) is 2.85. The molecule has 2 aromatic carbocycles. The van der Waals surface area contributed by atoms with Crippen molar-refractivity contribution < 1.29 is 42.1 Å². The fraction of sp³-hybridized carbons (Fsp3) is 0.150. The van der Waals surface area contributed by atoms with Gasteiger partial charge in [0.25, 0.3) is 0 Å². The third-order valence-electron chi connectivity index (χ3n) is 4.11. The van der Waals surface area contributed by atoms with Crippen molar-refractivity contribution in [1.82, 2.24) is 9.78 Å². The van der Waals surface area contributed by atoms with Crippen LogP contribution in [0.15, 0.2) is 48.5 Å². The van der Waals surface area contributed by atoms with Crippen molar-refractivity contribution >= 4 is 11.9 Å². The van der Waals surface area contributed by atoms with E-state index in [1.165, 1.54) is 0 Å². The molecule has 0 fully saturated rings. The zero-order valence-corrected chi connectivity index (χ0v) is 16.1. The summed E-state index contributed by atoms with van der Waals surface area (Å²) in [6, 6.07) is 11.0. The quantitative estimate of drug-likeness (QED) is 0.609. The minimum Gasteiger partial charge on any atom is -0.507 e. The van der Waals surface area contributed by atoms with Crippen molar-refractivity contribution in [2.45, 2.75) is 6.36 Å². The van der Waals surface area contributed by atoms with Crippen molar-refractivity contribution in [3.63, 3.8) is 0 Å². The van der Waals surface area contributed by atoms with Crippen LogP contribution in [0.1, 0.15) is 20.8 Å². The fourth-order valence-corrected chi connectivity index (χ4v) is 2.85. The van der Waals surface area contributed by atoms with Gasteiger partial charge in [0.2, 0.25) is 0 Å². The molecule has 8 nitrogen and oxygen atoms in total. The maximum absolute atomic E-state index is 12.5. The number of phenols is 1.